The van der Waals surface area contributed by atoms with E-state index in [1.807, 2.05) is 36.4 Å². The molecular formula is C28H38ClN3O3. The van der Waals surface area contributed by atoms with E-state index in [-0.39, 0.29) is 18.0 Å². The van der Waals surface area contributed by atoms with Crippen LogP contribution in [0.3, 0.4) is 0 Å². The quantitative estimate of drug-likeness (QED) is 0.470. The summed E-state index contributed by atoms with van der Waals surface area (Å²) in [5, 5.41) is 5.93. The maximum Gasteiger partial charge on any atom is 0.408 e. The van der Waals surface area contributed by atoms with Crippen LogP contribution < -0.4 is 10.6 Å². The van der Waals surface area contributed by atoms with Crippen molar-refractivity contribution >= 4 is 23.6 Å². The highest BCUT2D eigenvalue weighted by molar-refractivity contribution is 6.18. The average molecular weight is 500 g/mol. The predicted molar refractivity (Wildman–Crippen MR) is 141 cm³/mol. The first-order valence-corrected chi connectivity index (χ1v) is 12.9. The molecule has 1 aliphatic heterocycles. The molecular weight excluding hydrogens is 462 g/mol. The first-order valence-electron chi connectivity index (χ1n) is 12.4. The minimum atomic E-state index is -0.728. The fourth-order valence-electron chi connectivity index (χ4n) is 4.46. The summed E-state index contributed by atoms with van der Waals surface area (Å²) in [6.07, 6.45) is 2.64. The molecule has 2 aromatic rings. The normalized spacial score (nSPS) is 19.2. The summed E-state index contributed by atoms with van der Waals surface area (Å²) in [5.74, 6) is 0.325. The Kier molecular flexibility index (Phi) is 9.99. The Morgan fingerprint density at radius 3 is 2.29 bits per heavy atom. The van der Waals surface area contributed by atoms with Gasteiger partial charge in [-0.15, -0.1) is 11.6 Å². The van der Waals surface area contributed by atoms with Gasteiger partial charge in [-0.05, 0) is 57.7 Å². The molecule has 3 rings (SSSR count). The average Bonchev–Trinajstić information content (AvgIpc) is 3.20. The lowest BCUT2D eigenvalue weighted by Gasteiger charge is -2.24. The summed E-state index contributed by atoms with van der Waals surface area (Å²) >= 11 is 6.27. The number of hydrogen-bond acceptors (Lipinski definition) is 4. The van der Waals surface area contributed by atoms with Crippen molar-refractivity contribution in [2.45, 2.75) is 70.2 Å². The molecule has 0 aromatic heterocycles. The van der Waals surface area contributed by atoms with E-state index in [1.165, 1.54) is 5.56 Å². The molecule has 0 spiro atoms. The zero-order valence-corrected chi connectivity index (χ0v) is 21.8. The molecule has 3 atom stereocenters. The molecule has 0 aliphatic carbocycles. The topological polar surface area (TPSA) is 70.7 Å². The molecule has 2 amide bonds. The highest BCUT2D eigenvalue weighted by Gasteiger charge is 2.34. The molecule has 190 valence electrons. The van der Waals surface area contributed by atoms with Crippen LogP contribution in [0.1, 0.15) is 44.7 Å². The number of carbonyl (C=O) groups excluding carboxylic acids is 2. The van der Waals surface area contributed by atoms with Gasteiger partial charge in [-0.25, -0.2) is 4.79 Å². The minimum absolute atomic E-state index is 0.0123. The van der Waals surface area contributed by atoms with Gasteiger partial charge in [0.2, 0.25) is 5.91 Å². The van der Waals surface area contributed by atoms with Crippen molar-refractivity contribution in [2.24, 2.45) is 0 Å². The number of carbonyl (C=O) groups is 2. The number of aryl methyl sites for hydroxylation is 1. The Balaban J connectivity index is 1.58. The van der Waals surface area contributed by atoms with Gasteiger partial charge in [0.25, 0.3) is 0 Å². The highest BCUT2D eigenvalue weighted by atomic mass is 35.5. The van der Waals surface area contributed by atoms with Crippen LogP contribution in [0.15, 0.2) is 60.7 Å². The van der Waals surface area contributed by atoms with E-state index in [0.29, 0.717) is 12.3 Å². The van der Waals surface area contributed by atoms with Crippen LogP contribution >= 0.6 is 11.6 Å². The zero-order valence-electron chi connectivity index (χ0n) is 21.0. The third-order valence-corrected chi connectivity index (χ3v) is 6.45. The van der Waals surface area contributed by atoms with Gasteiger partial charge in [0.15, 0.2) is 0 Å². The molecule has 0 bridgehead atoms. The van der Waals surface area contributed by atoms with Crippen LogP contribution in [0.5, 0.6) is 0 Å². The Morgan fingerprint density at radius 1 is 1.06 bits per heavy atom. The molecule has 7 heteroatoms. The molecule has 1 aliphatic rings. The Hall–Kier alpha value is -2.57. The first-order chi connectivity index (χ1) is 16.7. The number of alkyl carbamates (subject to hydrolysis) is 1. The van der Waals surface area contributed by atoms with Gasteiger partial charge in [-0.1, -0.05) is 60.7 Å². The van der Waals surface area contributed by atoms with Crippen molar-refractivity contribution in [3.8, 4) is 0 Å². The standard InChI is InChI=1S/C28H38ClN3O3/c1-28(2,3)35-27(34)31-25(17-22-13-8-5-9-14-22)26(33)30-23-18-24(19-29)32(20-23)16-10-15-21-11-6-4-7-12-21/h4-9,11-14,23-25H,10,15-20H2,1-3H3,(H,30,33)(H,31,34)/t23-,24-,25-/m0/s1. The maximum absolute atomic E-state index is 13.3. The maximum atomic E-state index is 13.3. The summed E-state index contributed by atoms with van der Waals surface area (Å²) in [4.78, 5) is 28.1. The first kappa shape index (κ1) is 27.0. The van der Waals surface area contributed by atoms with Crippen LogP contribution in [0.25, 0.3) is 0 Å². The zero-order chi connectivity index (χ0) is 25.3. The van der Waals surface area contributed by atoms with Gasteiger partial charge in [-0.3, -0.25) is 9.69 Å². The number of nitrogens with one attached hydrogen (secondary N) is 2. The lowest BCUT2D eigenvalue weighted by Crippen LogP contribution is -2.52. The van der Waals surface area contributed by atoms with Crippen LogP contribution in [-0.4, -0.2) is 59.6 Å². The summed E-state index contributed by atoms with van der Waals surface area (Å²) in [6, 6.07) is 19.6. The monoisotopic (exact) mass is 499 g/mol. The molecule has 35 heavy (non-hydrogen) atoms. The summed E-state index contributed by atoms with van der Waals surface area (Å²) in [6.45, 7) is 7.09. The van der Waals surface area contributed by atoms with Gasteiger partial charge < -0.3 is 15.4 Å². The Labute approximate surface area is 214 Å². The van der Waals surface area contributed by atoms with E-state index in [0.717, 1.165) is 37.9 Å². The number of nitrogens with zero attached hydrogens (tertiary/aromatic N) is 1. The smallest absolute Gasteiger partial charge is 0.408 e. The third kappa shape index (κ3) is 9.19. The van der Waals surface area contributed by atoms with Crippen LogP contribution in [0.4, 0.5) is 4.79 Å². The van der Waals surface area contributed by atoms with Gasteiger partial charge >= 0.3 is 6.09 Å². The molecule has 0 saturated carbocycles. The highest BCUT2D eigenvalue weighted by Crippen LogP contribution is 2.20. The molecule has 0 radical (unpaired) electrons. The van der Waals surface area contributed by atoms with Crippen molar-refractivity contribution in [1.82, 2.24) is 15.5 Å². The van der Waals surface area contributed by atoms with Crippen LogP contribution in [0, 0.1) is 0 Å². The number of hydrogen-bond donors (Lipinski definition) is 2. The number of alkyl halides is 1. The second-order valence-electron chi connectivity index (χ2n) is 10.2. The number of amides is 2. The van der Waals surface area contributed by atoms with Crippen LogP contribution in [0.2, 0.25) is 0 Å². The molecule has 0 unspecified atom stereocenters. The number of benzene rings is 2. The Morgan fingerprint density at radius 2 is 1.69 bits per heavy atom. The Bertz CT molecular complexity index is 933. The number of rotatable bonds is 10. The van der Waals surface area contributed by atoms with Crippen molar-refractivity contribution in [1.29, 1.82) is 0 Å². The van der Waals surface area contributed by atoms with E-state index >= 15 is 0 Å². The second kappa shape index (κ2) is 12.9. The van der Waals surface area contributed by atoms with E-state index in [9.17, 15) is 9.59 Å². The number of halogens is 1. The van der Waals surface area contributed by atoms with Gasteiger partial charge in [0, 0.05) is 30.9 Å². The summed E-state index contributed by atoms with van der Waals surface area (Å²) < 4.78 is 5.40. The fraction of sp³-hybridized carbons (Fsp3) is 0.500. The summed E-state index contributed by atoms with van der Waals surface area (Å²) in [7, 11) is 0. The number of likely N-dealkylation sites (tertiary alicyclic amines) is 1. The second-order valence-corrected chi connectivity index (χ2v) is 10.5. The molecule has 6 nitrogen and oxygen atoms in total. The van der Waals surface area contributed by atoms with Gasteiger partial charge in [0.05, 0.1) is 0 Å². The molecule has 1 fully saturated rings. The van der Waals surface area contributed by atoms with E-state index in [2.05, 4.69) is 39.8 Å². The number of ether oxygens (including phenoxy) is 1. The van der Waals surface area contributed by atoms with E-state index in [4.69, 9.17) is 16.3 Å². The van der Waals surface area contributed by atoms with Crippen molar-refractivity contribution in [2.75, 3.05) is 19.0 Å². The van der Waals surface area contributed by atoms with E-state index < -0.39 is 17.7 Å². The lowest BCUT2D eigenvalue weighted by molar-refractivity contribution is -0.123. The molecule has 2 N–H and O–H groups in total. The van der Waals surface area contributed by atoms with Crippen molar-refractivity contribution < 1.29 is 14.3 Å². The molecule has 2 aromatic carbocycles. The fourth-order valence-corrected chi connectivity index (χ4v) is 4.79. The summed E-state index contributed by atoms with van der Waals surface area (Å²) in [5.41, 5.74) is 1.66. The van der Waals surface area contributed by atoms with Gasteiger partial charge in [0.1, 0.15) is 11.6 Å². The van der Waals surface area contributed by atoms with E-state index in [1.54, 1.807) is 20.8 Å². The SMILES string of the molecule is CC(C)(C)OC(=O)N[C@@H](Cc1ccccc1)C(=O)N[C@H]1C[C@@H](CCl)N(CCCc2ccccc2)C1. The van der Waals surface area contributed by atoms with Gasteiger partial charge in [-0.2, -0.15) is 0 Å². The lowest BCUT2D eigenvalue weighted by atomic mass is 10.0. The van der Waals surface area contributed by atoms with Crippen LogP contribution in [-0.2, 0) is 22.4 Å². The molecule has 1 heterocycles. The van der Waals surface area contributed by atoms with Crippen molar-refractivity contribution in [3.05, 3.63) is 71.8 Å². The molecule has 1 saturated heterocycles. The largest absolute Gasteiger partial charge is 0.444 e. The predicted octanol–water partition coefficient (Wildman–Crippen LogP) is 4.55. The minimum Gasteiger partial charge on any atom is -0.444 e. The third-order valence-electron chi connectivity index (χ3n) is 6.10. The van der Waals surface area contributed by atoms with Crippen molar-refractivity contribution in [3.63, 3.8) is 0 Å².